The number of hydrogen-bond acceptors (Lipinski definition) is 4. The highest BCUT2D eigenvalue weighted by molar-refractivity contribution is 5.72. The van der Waals surface area contributed by atoms with Crippen LogP contribution in [0.3, 0.4) is 0 Å². The van der Waals surface area contributed by atoms with Crippen LogP contribution in [0.2, 0.25) is 0 Å². The maximum Gasteiger partial charge on any atom is 0.311 e. The van der Waals surface area contributed by atoms with Gasteiger partial charge in [-0.25, -0.2) is 0 Å². The van der Waals surface area contributed by atoms with E-state index in [0.29, 0.717) is 6.61 Å². The topological polar surface area (TPSA) is 55.8 Å². The van der Waals surface area contributed by atoms with Gasteiger partial charge in [0.15, 0.2) is 0 Å². The van der Waals surface area contributed by atoms with E-state index in [1.54, 1.807) is 0 Å². The Bertz CT molecular complexity index is 502. The monoisotopic (exact) mass is 334 g/mol. The van der Waals surface area contributed by atoms with Crippen LogP contribution >= 0.6 is 0 Å². The second-order valence-corrected chi connectivity index (χ2v) is 6.89. The summed E-state index contributed by atoms with van der Waals surface area (Å²) < 4.78 is 11.5. The molecule has 1 aliphatic rings. The van der Waals surface area contributed by atoms with Crippen LogP contribution in [0.25, 0.3) is 0 Å². The molecule has 5 atom stereocenters. The largest absolute Gasteiger partial charge is 0.461 e. The molecule has 0 aromatic heterocycles. The van der Waals surface area contributed by atoms with E-state index in [2.05, 4.69) is 6.92 Å². The highest BCUT2D eigenvalue weighted by atomic mass is 16.5. The molecule has 0 radical (unpaired) electrons. The molecule has 0 spiro atoms. The molecule has 1 heterocycles. The van der Waals surface area contributed by atoms with E-state index in [-0.39, 0.29) is 36.1 Å². The van der Waals surface area contributed by atoms with Gasteiger partial charge in [-0.1, -0.05) is 50.6 Å². The molecule has 0 bridgehead atoms. The van der Waals surface area contributed by atoms with Crippen LogP contribution in [0, 0.1) is 11.8 Å². The van der Waals surface area contributed by atoms with Gasteiger partial charge < -0.3 is 14.6 Å². The second kappa shape index (κ2) is 9.19. The molecular formula is C20H30O4. The second-order valence-electron chi connectivity index (χ2n) is 6.89. The lowest BCUT2D eigenvalue weighted by Gasteiger charge is -2.26. The van der Waals surface area contributed by atoms with Crippen LogP contribution in [0.15, 0.2) is 30.3 Å². The van der Waals surface area contributed by atoms with Crippen molar-refractivity contribution >= 4 is 5.97 Å². The van der Waals surface area contributed by atoms with Gasteiger partial charge in [-0.3, -0.25) is 4.79 Å². The zero-order valence-electron chi connectivity index (χ0n) is 15.0. The van der Waals surface area contributed by atoms with Gasteiger partial charge in [-0.15, -0.1) is 0 Å². The first-order valence-electron chi connectivity index (χ1n) is 9.07. The zero-order chi connectivity index (χ0) is 17.5. The Morgan fingerprint density at radius 3 is 2.58 bits per heavy atom. The van der Waals surface area contributed by atoms with Crippen LogP contribution in [-0.4, -0.2) is 29.4 Å². The Balaban J connectivity index is 1.80. The van der Waals surface area contributed by atoms with Gasteiger partial charge >= 0.3 is 5.97 Å². The van der Waals surface area contributed by atoms with Gasteiger partial charge in [0.1, 0.15) is 6.61 Å². The summed E-state index contributed by atoms with van der Waals surface area (Å²) in [7, 11) is 0. The fraction of sp³-hybridized carbons (Fsp3) is 0.650. The lowest BCUT2D eigenvalue weighted by molar-refractivity contribution is -0.155. The Labute approximate surface area is 145 Å². The Morgan fingerprint density at radius 2 is 1.92 bits per heavy atom. The molecule has 24 heavy (non-hydrogen) atoms. The first-order valence-corrected chi connectivity index (χ1v) is 9.07. The van der Waals surface area contributed by atoms with Crippen molar-refractivity contribution in [1.82, 2.24) is 0 Å². The molecule has 1 aliphatic heterocycles. The van der Waals surface area contributed by atoms with Gasteiger partial charge in [-0.05, 0) is 31.7 Å². The van der Waals surface area contributed by atoms with E-state index >= 15 is 0 Å². The van der Waals surface area contributed by atoms with Gasteiger partial charge in [0.25, 0.3) is 0 Å². The predicted molar refractivity (Wildman–Crippen MR) is 93.4 cm³/mol. The number of rotatable bonds is 8. The molecule has 0 saturated carbocycles. The van der Waals surface area contributed by atoms with Crippen LogP contribution < -0.4 is 0 Å². The number of aliphatic hydroxyl groups excluding tert-OH is 1. The molecule has 1 aromatic rings. The van der Waals surface area contributed by atoms with Crippen LogP contribution in [-0.2, 0) is 20.9 Å². The molecule has 1 aromatic carbocycles. The maximum atomic E-state index is 12.3. The fourth-order valence-electron chi connectivity index (χ4n) is 3.26. The summed E-state index contributed by atoms with van der Waals surface area (Å²) in [5.41, 5.74) is 0.986. The van der Waals surface area contributed by atoms with Crippen molar-refractivity contribution in [3.8, 4) is 0 Å². The molecule has 0 unspecified atom stereocenters. The first kappa shape index (κ1) is 18.9. The van der Waals surface area contributed by atoms with E-state index in [4.69, 9.17) is 9.47 Å². The molecule has 134 valence electrons. The van der Waals surface area contributed by atoms with Gasteiger partial charge in [0.2, 0.25) is 0 Å². The van der Waals surface area contributed by atoms with E-state index in [0.717, 1.165) is 31.2 Å². The lowest BCUT2D eigenvalue weighted by Crippen LogP contribution is -2.32. The highest BCUT2D eigenvalue weighted by Gasteiger charge is 2.37. The number of benzene rings is 1. The number of esters is 1. The zero-order valence-corrected chi connectivity index (χ0v) is 15.0. The normalized spacial score (nSPS) is 24.3. The number of ether oxygens (including phenoxy) is 2. The third kappa shape index (κ3) is 5.05. The third-order valence-corrected chi connectivity index (χ3v) is 5.02. The molecule has 1 N–H and O–H groups in total. The van der Waals surface area contributed by atoms with E-state index < -0.39 is 0 Å². The van der Waals surface area contributed by atoms with E-state index in [1.165, 1.54) is 0 Å². The van der Waals surface area contributed by atoms with Crippen LogP contribution in [0.5, 0.6) is 0 Å². The van der Waals surface area contributed by atoms with Gasteiger partial charge in [-0.2, -0.15) is 0 Å². The molecular weight excluding hydrogens is 304 g/mol. The number of hydrogen-bond donors (Lipinski definition) is 1. The van der Waals surface area contributed by atoms with Crippen molar-refractivity contribution < 1.29 is 19.4 Å². The summed E-state index contributed by atoms with van der Waals surface area (Å²) in [6.45, 7) is 6.27. The van der Waals surface area contributed by atoms with Crippen molar-refractivity contribution in [1.29, 1.82) is 0 Å². The number of carbonyl (C=O) groups is 1. The average Bonchev–Trinajstić information content (AvgIpc) is 3.09. The Kier molecular flexibility index (Phi) is 7.25. The maximum absolute atomic E-state index is 12.3. The minimum Gasteiger partial charge on any atom is -0.461 e. The summed E-state index contributed by atoms with van der Waals surface area (Å²) in [6, 6.07) is 9.68. The highest BCUT2D eigenvalue weighted by Crippen LogP contribution is 2.32. The number of carbonyl (C=O) groups excluding carboxylic acids is 1. The number of aliphatic hydroxyl groups is 1. The van der Waals surface area contributed by atoms with Crippen LogP contribution in [0.4, 0.5) is 0 Å². The van der Waals surface area contributed by atoms with Gasteiger partial charge in [0.05, 0.1) is 24.2 Å². The summed E-state index contributed by atoms with van der Waals surface area (Å²) >= 11 is 0. The van der Waals surface area contributed by atoms with Crippen molar-refractivity contribution in [2.24, 2.45) is 11.8 Å². The molecule has 0 amide bonds. The third-order valence-electron chi connectivity index (χ3n) is 5.02. The Hall–Kier alpha value is -1.39. The van der Waals surface area contributed by atoms with E-state index in [1.807, 2.05) is 44.2 Å². The molecule has 1 saturated heterocycles. The molecule has 1 fully saturated rings. The van der Waals surface area contributed by atoms with E-state index in [9.17, 15) is 9.90 Å². The van der Waals surface area contributed by atoms with Crippen molar-refractivity contribution in [3.05, 3.63) is 35.9 Å². The summed E-state index contributed by atoms with van der Waals surface area (Å²) in [5.74, 6) is -0.400. The quantitative estimate of drug-likeness (QED) is 0.736. The first-order chi connectivity index (χ1) is 11.5. The fourth-order valence-corrected chi connectivity index (χ4v) is 3.26. The average molecular weight is 334 g/mol. The Morgan fingerprint density at radius 1 is 1.25 bits per heavy atom. The standard InChI is InChI=1S/C20H30O4/c1-4-8-17(21)14(2)18-11-12-19(24-18)15(3)20(22)23-13-16-9-6-5-7-10-16/h5-7,9-10,14-15,17-19,21H,4,8,11-13H2,1-3H3/t14-,15-,17-,18-,19+/m0/s1. The van der Waals surface area contributed by atoms with Crippen molar-refractivity contribution in [2.75, 3.05) is 0 Å². The van der Waals surface area contributed by atoms with Crippen molar-refractivity contribution in [3.63, 3.8) is 0 Å². The smallest absolute Gasteiger partial charge is 0.311 e. The van der Waals surface area contributed by atoms with Gasteiger partial charge in [0, 0.05) is 5.92 Å². The minimum atomic E-state index is -0.334. The molecule has 4 heteroatoms. The summed E-state index contributed by atoms with van der Waals surface area (Å²) in [4.78, 5) is 12.3. The minimum absolute atomic E-state index is 0.0286. The molecule has 0 aliphatic carbocycles. The van der Waals surface area contributed by atoms with Crippen molar-refractivity contribution in [2.45, 2.75) is 71.4 Å². The molecule has 2 rings (SSSR count). The van der Waals surface area contributed by atoms with Crippen LogP contribution in [0.1, 0.15) is 52.0 Å². The SMILES string of the molecule is CCC[C@H](O)[C@H](C)[C@@H]1CC[C@H]([C@H](C)C(=O)OCc2ccccc2)O1. The predicted octanol–water partition coefficient (Wildman–Crippen LogP) is 3.71. The summed E-state index contributed by atoms with van der Waals surface area (Å²) in [6.07, 6.45) is 3.07. The summed E-state index contributed by atoms with van der Waals surface area (Å²) in [5, 5.41) is 10.2. The lowest BCUT2D eigenvalue weighted by atomic mass is 9.93. The molecule has 4 nitrogen and oxygen atoms in total.